The monoisotopic (exact) mass is 400 g/mol. The predicted octanol–water partition coefficient (Wildman–Crippen LogP) is 5.80. The van der Waals surface area contributed by atoms with Crippen LogP contribution in [-0.2, 0) is 4.79 Å². The van der Waals surface area contributed by atoms with Crippen molar-refractivity contribution in [3.63, 3.8) is 0 Å². The van der Waals surface area contributed by atoms with Crippen LogP contribution >= 0.6 is 11.3 Å². The second-order valence-corrected chi connectivity index (χ2v) is 7.49. The summed E-state index contributed by atoms with van der Waals surface area (Å²) in [4.78, 5) is 16.7. The lowest BCUT2D eigenvalue weighted by atomic mass is 10.0. The average Bonchev–Trinajstić information content (AvgIpc) is 3.21. The number of aryl methyl sites for hydroxylation is 1. The molecule has 29 heavy (non-hydrogen) atoms. The number of carbonyl (C=O) groups excluding carboxylic acids is 1. The highest BCUT2D eigenvalue weighted by molar-refractivity contribution is 7.14. The number of carbonyl (C=O) groups is 1. The van der Waals surface area contributed by atoms with Crippen molar-refractivity contribution in [3.05, 3.63) is 89.8 Å². The van der Waals surface area contributed by atoms with Gasteiger partial charge in [-0.3, -0.25) is 10.1 Å². The summed E-state index contributed by atoms with van der Waals surface area (Å²) in [6.45, 7) is 1.93. The lowest BCUT2D eigenvalue weighted by molar-refractivity contribution is -0.118. The minimum atomic E-state index is -0.230. The molecule has 4 aromatic rings. The Balaban J connectivity index is 1.37. The molecule has 0 bridgehead atoms. The Hall–Kier alpha value is -3.44. The Morgan fingerprint density at radius 3 is 2.41 bits per heavy atom. The van der Waals surface area contributed by atoms with Gasteiger partial charge in [-0.1, -0.05) is 66.7 Å². The summed E-state index contributed by atoms with van der Waals surface area (Å²) in [6, 6.07) is 26.1. The van der Waals surface area contributed by atoms with Gasteiger partial charge in [-0.15, -0.1) is 11.3 Å². The van der Waals surface area contributed by atoms with Crippen molar-refractivity contribution >= 4 is 22.4 Å². The van der Waals surface area contributed by atoms with Gasteiger partial charge >= 0.3 is 0 Å². The molecular formula is C24H20N2O2S. The standard InChI is InChI=1S/C24H20N2O2S/c1-17-6-5-9-21(14-17)28-15-23(27)26-24-25-22(16-29-24)20-12-10-19(11-13-20)18-7-3-2-4-8-18/h2-14,16H,15H2,1H3,(H,25,26,27). The number of benzene rings is 3. The van der Waals surface area contributed by atoms with E-state index < -0.39 is 0 Å². The smallest absolute Gasteiger partial charge is 0.264 e. The summed E-state index contributed by atoms with van der Waals surface area (Å²) in [6.07, 6.45) is 0. The van der Waals surface area contributed by atoms with Crippen molar-refractivity contribution in [2.75, 3.05) is 11.9 Å². The summed E-state index contributed by atoms with van der Waals surface area (Å²) < 4.78 is 5.53. The molecule has 1 N–H and O–H groups in total. The lowest BCUT2D eigenvalue weighted by Gasteiger charge is -2.06. The number of nitrogens with zero attached hydrogens (tertiary/aromatic N) is 1. The number of nitrogens with one attached hydrogen (secondary N) is 1. The molecule has 4 nitrogen and oxygen atoms in total. The van der Waals surface area contributed by atoms with E-state index in [2.05, 4.69) is 34.6 Å². The second kappa shape index (κ2) is 8.71. The van der Waals surface area contributed by atoms with Gasteiger partial charge in [0.05, 0.1) is 5.69 Å². The molecule has 3 aromatic carbocycles. The Morgan fingerprint density at radius 1 is 0.931 bits per heavy atom. The van der Waals surface area contributed by atoms with E-state index in [1.165, 1.54) is 16.9 Å². The van der Waals surface area contributed by atoms with E-state index >= 15 is 0 Å². The molecule has 144 valence electrons. The molecule has 5 heteroatoms. The van der Waals surface area contributed by atoms with E-state index in [1.807, 2.05) is 66.9 Å². The number of hydrogen-bond acceptors (Lipinski definition) is 4. The van der Waals surface area contributed by atoms with Crippen LogP contribution in [0.5, 0.6) is 5.75 Å². The van der Waals surface area contributed by atoms with Crippen LogP contribution in [0.3, 0.4) is 0 Å². The van der Waals surface area contributed by atoms with Crippen molar-refractivity contribution < 1.29 is 9.53 Å². The quantitative estimate of drug-likeness (QED) is 0.445. The third kappa shape index (κ3) is 4.89. The maximum atomic E-state index is 12.1. The van der Waals surface area contributed by atoms with Gasteiger partial charge in [0, 0.05) is 10.9 Å². The van der Waals surface area contributed by atoms with Gasteiger partial charge in [0.2, 0.25) is 0 Å². The fraction of sp³-hybridized carbons (Fsp3) is 0.0833. The van der Waals surface area contributed by atoms with Crippen molar-refractivity contribution in [2.45, 2.75) is 6.92 Å². The van der Waals surface area contributed by atoms with Crippen LogP contribution < -0.4 is 10.1 Å². The second-order valence-electron chi connectivity index (χ2n) is 6.63. The summed E-state index contributed by atoms with van der Waals surface area (Å²) in [7, 11) is 0. The topological polar surface area (TPSA) is 51.2 Å². The summed E-state index contributed by atoms with van der Waals surface area (Å²) in [5.74, 6) is 0.449. The zero-order valence-corrected chi connectivity index (χ0v) is 16.8. The molecule has 1 heterocycles. The molecule has 1 aromatic heterocycles. The van der Waals surface area contributed by atoms with E-state index in [0.29, 0.717) is 10.9 Å². The molecule has 0 saturated heterocycles. The van der Waals surface area contributed by atoms with Crippen LogP contribution in [0, 0.1) is 6.92 Å². The number of hydrogen-bond donors (Lipinski definition) is 1. The zero-order chi connectivity index (χ0) is 20.1. The molecule has 0 unspecified atom stereocenters. The van der Waals surface area contributed by atoms with Crippen LogP contribution in [0.25, 0.3) is 22.4 Å². The third-order valence-corrected chi connectivity index (χ3v) is 5.16. The molecule has 1 amide bonds. The van der Waals surface area contributed by atoms with Gasteiger partial charge in [-0.2, -0.15) is 0 Å². The van der Waals surface area contributed by atoms with Crippen LogP contribution in [0.2, 0.25) is 0 Å². The Labute approximate surface area is 173 Å². The molecular weight excluding hydrogens is 380 g/mol. The maximum absolute atomic E-state index is 12.1. The molecule has 0 atom stereocenters. The molecule has 0 aliphatic rings. The Morgan fingerprint density at radius 2 is 1.66 bits per heavy atom. The molecule has 0 spiro atoms. The first-order chi connectivity index (χ1) is 14.2. The third-order valence-electron chi connectivity index (χ3n) is 4.40. The molecule has 0 saturated carbocycles. The van der Waals surface area contributed by atoms with Crippen molar-refractivity contribution in [3.8, 4) is 28.1 Å². The van der Waals surface area contributed by atoms with Gasteiger partial charge < -0.3 is 4.74 Å². The minimum Gasteiger partial charge on any atom is -0.484 e. The van der Waals surface area contributed by atoms with Gasteiger partial charge in [0.1, 0.15) is 5.75 Å². The fourth-order valence-electron chi connectivity index (χ4n) is 2.94. The van der Waals surface area contributed by atoms with Gasteiger partial charge in [0.25, 0.3) is 5.91 Å². The first kappa shape index (κ1) is 18.9. The fourth-order valence-corrected chi connectivity index (χ4v) is 3.67. The largest absolute Gasteiger partial charge is 0.484 e. The van der Waals surface area contributed by atoms with E-state index in [-0.39, 0.29) is 12.5 Å². The number of aromatic nitrogens is 1. The van der Waals surface area contributed by atoms with Gasteiger partial charge in [-0.25, -0.2) is 4.98 Å². The average molecular weight is 401 g/mol. The number of anilines is 1. The predicted molar refractivity (Wildman–Crippen MR) is 118 cm³/mol. The molecule has 0 aliphatic carbocycles. The minimum absolute atomic E-state index is 0.0514. The maximum Gasteiger partial charge on any atom is 0.264 e. The summed E-state index contributed by atoms with van der Waals surface area (Å²) >= 11 is 1.40. The van der Waals surface area contributed by atoms with Crippen LogP contribution in [-0.4, -0.2) is 17.5 Å². The number of ether oxygens (including phenoxy) is 1. The number of thiazole rings is 1. The summed E-state index contributed by atoms with van der Waals surface area (Å²) in [5, 5.41) is 5.30. The van der Waals surface area contributed by atoms with E-state index in [1.54, 1.807) is 0 Å². The van der Waals surface area contributed by atoms with Crippen molar-refractivity contribution in [1.82, 2.24) is 4.98 Å². The van der Waals surface area contributed by atoms with Crippen molar-refractivity contribution in [1.29, 1.82) is 0 Å². The lowest BCUT2D eigenvalue weighted by Crippen LogP contribution is -2.20. The normalized spacial score (nSPS) is 10.5. The molecule has 0 radical (unpaired) electrons. The van der Waals surface area contributed by atoms with E-state index in [4.69, 9.17) is 4.74 Å². The highest BCUT2D eigenvalue weighted by Crippen LogP contribution is 2.27. The van der Waals surface area contributed by atoms with Crippen LogP contribution in [0.15, 0.2) is 84.2 Å². The Kier molecular flexibility index (Phi) is 5.68. The van der Waals surface area contributed by atoms with E-state index in [9.17, 15) is 4.79 Å². The first-order valence-corrected chi connectivity index (χ1v) is 10.2. The first-order valence-electron chi connectivity index (χ1n) is 9.28. The SMILES string of the molecule is Cc1cccc(OCC(=O)Nc2nc(-c3ccc(-c4ccccc4)cc3)cs2)c1. The molecule has 4 rings (SSSR count). The van der Waals surface area contributed by atoms with Crippen molar-refractivity contribution in [2.24, 2.45) is 0 Å². The van der Waals surface area contributed by atoms with Gasteiger partial charge in [0.15, 0.2) is 11.7 Å². The zero-order valence-electron chi connectivity index (χ0n) is 16.0. The van der Waals surface area contributed by atoms with Crippen LogP contribution in [0.1, 0.15) is 5.56 Å². The number of amides is 1. The highest BCUT2D eigenvalue weighted by Gasteiger charge is 2.09. The number of rotatable bonds is 6. The Bertz CT molecular complexity index is 1110. The highest BCUT2D eigenvalue weighted by atomic mass is 32.1. The van der Waals surface area contributed by atoms with Gasteiger partial charge in [-0.05, 0) is 35.7 Å². The van der Waals surface area contributed by atoms with E-state index in [0.717, 1.165) is 22.4 Å². The molecule has 0 fully saturated rings. The summed E-state index contributed by atoms with van der Waals surface area (Å²) in [5.41, 5.74) is 5.28. The van der Waals surface area contributed by atoms with Crippen LogP contribution in [0.4, 0.5) is 5.13 Å². The molecule has 0 aliphatic heterocycles.